The number of carbonyl (C=O) groups is 2. The average molecular weight is 411 g/mol. The summed E-state index contributed by atoms with van der Waals surface area (Å²) in [6, 6.07) is 6.14. The number of carbonyl (C=O) groups excluding carboxylic acids is 2. The summed E-state index contributed by atoms with van der Waals surface area (Å²) >= 11 is 6.15. The van der Waals surface area contributed by atoms with Gasteiger partial charge in [-0.1, -0.05) is 11.6 Å². The van der Waals surface area contributed by atoms with Gasteiger partial charge in [0.05, 0.1) is 50.8 Å². The van der Waals surface area contributed by atoms with Crippen LogP contribution in [0.4, 0.5) is 10.5 Å². The van der Waals surface area contributed by atoms with Crippen molar-refractivity contribution in [3.63, 3.8) is 0 Å². The first-order chi connectivity index (χ1) is 13.5. The lowest BCUT2D eigenvalue weighted by Crippen LogP contribution is -2.36. The zero-order valence-electron chi connectivity index (χ0n) is 16.0. The van der Waals surface area contributed by atoms with Crippen LogP contribution >= 0.6 is 11.6 Å². The summed E-state index contributed by atoms with van der Waals surface area (Å²) in [4.78, 5) is 26.0. The van der Waals surface area contributed by atoms with Gasteiger partial charge in [-0.3, -0.25) is 4.79 Å². The van der Waals surface area contributed by atoms with Crippen molar-refractivity contribution in [1.82, 2.24) is 4.90 Å². The topological polar surface area (TPSA) is 90.2 Å². The molecule has 2 amide bonds. The largest absolute Gasteiger partial charge is 0.495 e. The summed E-state index contributed by atoms with van der Waals surface area (Å²) in [7, 11) is 2.96. The van der Waals surface area contributed by atoms with E-state index in [-0.39, 0.29) is 32.1 Å². The Hall–Kier alpha value is -2.87. The van der Waals surface area contributed by atoms with Gasteiger partial charge in [-0.25, -0.2) is 4.79 Å². The Morgan fingerprint density at radius 3 is 2.57 bits per heavy atom. The van der Waals surface area contributed by atoms with Crippen LogP contribution in [0.3, 0.4) is 0 Å². The molecule has 0 saturated heterocycles. The number of rotatable bonds is 9. The average Bonchev–Trinajstić information content (AvgIpc) is 3.18. The van der Waals surface area contributed by atoms with E-state index in [4.69, 9.17) is 30.2 Å². The minimum absolute atomic E-state index is 0.0580. The van der Waals surface area contributed by atoms with Crippen molar-refractivity contribution in [2.24, 2.45) is 0 Å². The van der Waals surface area contributed by atoms with Gasteiger partial charge in [0.2, 0.25) is 0 Å². The molecule has 1 aromatic carbocycles. The Labute approximate surface area is 168 Å². The van der Waals surface area contributed by atoms with E-state index in [0.29, 0.717) is 28.0 Å². The molecule has 0 aliphatic rings. The number of hydrogen-bond donors (Lipinski definition) is 1. The Morgan fingerprint density at radius 1 is 1.21 bits per heavy atom. The van der Waals surface area contributed by atoms with Crippen LogP contribution in [0.2, 0.25) is 5.02 Å². The van der Waals surface area contributed by atoms with E-state index in [1.165, 1.54) is 31.4 Å². The number of amides is 2. The SMILES string of the molecule is CCOC(=O)CCN(Cc1ccco1)C(=O)Nc1cc(Cl)c(OC)cc1OC. The lowest BCUT2D eigenvalue weighted by Gasteiger charge is -2.23. The van der Waals surface area contributed by atoms with Crippen LogP contribution in [0.25, 0.3) is 0 Å². The number of benzene rings is 1. The highest BCUT2D eigenvalue weighted by atomic mass is 35.5. The molecule has 1 N–H and O–H groups in total. The van der Waals surface area contributed by atoms with Gasteiger partial charge >= 0.3 is 12.0 Å². The van der Waals surface area contributed by atoms with Crippen molar-refractivity contribution in [2.45, 2.75) is 19.9 Å². The molecule has 152 valence electrons. The summed E-state index contributed by atoms with van der Waals surface area (Å²) in [5, 5.41) is 3.07. The molecule has 0 saturated carbocycles. The van der Waals surface area contributed by atoms with E-state index in [9.17, 15) is 9.59 Å². The first kappa shape index (κ1) is 21.4. The van der Waals surface area contributed by atoms with Crippen molar-refractivity contribution in [2.75, 3.05) is 32.7 Å². The number of nitrogens with one attached hydrogen (secondary N) is 1. The summed E-state index contributed by atoms with van der Waals surface area (Å²) in [6.45, 7) is 2.34. The van der Waals surface area contributed by atoms with Gasteiger partial charge in [-0.05, 0) is 25.1 Å². The molecule has 8 nitrogen and oxygen atoms in total. The second-order valence-electron chi connectivity index (χ2n) is 5.67. The Balaban J connectivity index is 2.16. The molecule has 0 atom stereocenters. The van der Waals surface area contributed by atoms with Crippen LogP contribution in [0.15, 0.2) is 34.9 Å². The number of anilines is 1. The molecule has 2 aromatic rings. The van der Waals surface area contributed by atoms with Gasteiger partial charge < -0.3 is 28.8 Å². The third-order valence-electron chi connectivity index (χ3n) is 3.82. The van der Waals surface area contributed by atoms with Crippen LogP contribution in [-0.2, 0) is 16.1 Å². The number of esters is 1. The summed E-state index contributed by atoms with van der Waals surface area (Å²) in [6.07, 6.45) is 1.57. The third kappa shape index (κ3) is 5.82. The molecule has 0 bridgehead atoms. The number of halogens is 1. The van der Waals surface area contributed by atoms with Gasteiger partial charge in [0.15, 0.2) is 0 Å². The number of hydrogen-bond acceptors (Lipinski definition) is 6. The number of nitrogens with zero attached hydrogens (tertiary/aromatic N) is 1. The fraction of sp³-hybridized carbons (Fsp3) is 0.368. The van der Waals surface area contributed by atoms with E-state index < -0.39 is 6.03 Å². The predicted molar refractivity (Wildman–Crippen MR) is 104 cm³/mol. The molecule has 1 aromatic heterocycles. The van der Waals surface area contributed by atoms with Crippen LogP contribution < -0.4 is 14.8 Å². The highest BCUT2D eigenvalue weighted by Gasteiger charge is 2.20. The van der Waals surface area contributed by atoms with Gasteiger partial charge in [0, 0.05) is 12.6 Å². The lowest BCUT2D eigenvalue weighted by molar-refractivity contribution is -0.143. The van der Waals surface area contributed by atoms with Gasteiger partial charge in [0.1, 0.15) is 17.3 Å². The van der Waals surface area contributed by atoms with E-state index >= 15 is 0 Å². The molecule has 9 heteroatoms. The Kier molecular flexibility index (Phi) is 8.01. The first-order valence-corrected chi connectivity index (χ1v) is 9.01. The molecule has 1 heterocycles. The summed E-state index contributed by atoms with van der Waals surface area (Å²) < 4.78 is 20.7. The van der Waals surface area contributed by atoms with Crippen LogP contribution in [0.1, 0.15) is 19.1 Å². The van der Waals surface area contributed by atoms with E-state index in [1.54, 1.807) is 25.1 Å². The fourth-order valence-electron chi connectivity index (χ4n) is 2.45. The minimum atomic E-state index is -0.444. The second-order valence-corrected chi connectivity index (χ2v) is 6.08. The lowest BCUT2D eigenvalue weighted by atomic mass is 10.2. The standard InChI is InChI=1S/C19H23ClN2O6/c1-4-27-18(23)7-8-22(12-13-6-5-9-28-13)19(24)21-15-10-14(20)16(25-2)11-17(15)26-3/h5-6,9-11H,4,7-8,12H2,1-3H3,(H,21,24). The molecule has 0 aliphatic heterocycles. The molecular weight excluding hydrogens is 388 g/mol. The quantitative estimate of drug-likeness (QED) is 0.630. The molecule has 28 heavy (non-hydrogen) atoms. The number of furan rings is 1. The number of ether oxygens (including phenoxy) is 3. The maximum atomic E-state index is 12.8. The molecule has 0 spiro atoms. The predicted octanol–water partition coefficient (Wildman–Crippen LogP) is 3.94. The summed E-state index contributed by atoms with van der Waals surface area (Å²) in [5.41, 5.74) is 0.374. The van der Waals surface area contributed by atoms with Gasteiger partial charge in [0.25, 0.3) is 0 Å². The van der Waals surface area contributed by atoms with Crippen molar-refractivity contribution in [3.8, 4) is 11.5 Å². The molecule has 0 fully saturated rings. The zero-order valence-corrected chi connectivity index (χ0v) is 16.7. The maximum absolute atomic E-state index is 12.8. The highest BCUT2D eigenvalue weighted by molar-refractivity contribution is 6.32. The normalized spacial score (nSPS) is 10.3. The summed E-state index contributed by atoms with van der Waals surface area (Å²) in [5.74, 6) is 1.01. The zero-order chi connectivity index (χ0) is 20.5. The molecular formula is C19H23ClN2O6. The van der Waals surface area contributed by atoms with Crippen molar-refractivity contribution in [1.29, 1.82) is 0 Å². The maximum Gasteiger partial charge on any atom is 0.322 e. The number of urea groups is 1. The van der Waals surface area contributed by atoms with Crippen molar-refractivity contribution in [3.05, 3.63) is 41.3 Å². The van der Waals surface area contributed by atoms with E-state index in [0.717, 1.165) is 0 Å². The van der Waals surface area contributed by atoms with E-state index in [1.807, 2.05) is 0 Å². The minimum Gasteiger partial charge on any atom is -0.495 e. The third-order valence-corrected chi connectivity index (χ3v) is 4.12. The van der Waals surface area contributed by atoms with Crippen LogP contribution in [-0.4, -0.2) is 44.3 Å². The molecule has 0 aliphatic carbocycles. The van der Waals surface area contributed by atoms with Crippen molar-refractivity contribution < 1.29 is 28.2 Å². The van der Waals surface area contributed by atoms with Gasteiger partial charge in [-0.2, -0.15) is 0 Å². The molecule has 0 unspecified atom stereocenters. The number of methoxy groups -OCH3 is 2. The van der Waals surface area contributed by atoms with Crippen molar-refractivity contribution >= 4 is 29.3 Å². The second kappa shape index (κ2) is 10.5. The van der Waals surface area contributed by atoms with Crippen LogP contribution in [0.5, 0.6) is 11.5 Å². The smallest absolute Gasteiger partial charge is 0.322 e. The molecule has 2 rings (SSSR count). The van der Waals surface area contributed by atoms with Crippen LogP contribution in [0, 0.1) is 0 Å². The van der Waals surface area contributed by atoms with E-state index in [2.05, 4.69) is 5.32 Å². The highest BCUT2D eigenvalue weighted by Crippen LogP contribution is 2.36. The molecule has 0 radical (unpaired) electrons. The van der Waals surface area contributed by atoms with Gasteiger partial charge in [-0.15, -0.1) is 0 Å². The Morgan fingerprint density at radius 2 is 1.96 bits per heavy atom. The Bertz CT molecular complexity index is 794. The monoisotopic (exact) mass is 410 g/mol. The first-order valence-electron chi connectivity index (χ1n) is 8.63. The fourth-order valence-corrected chi connectivity index (χ4v) is 2.70.